The van der Waals surface area contributed by atoms with Crippen molar-refractivity contribution in [1.29, 1.82) is 0 Å². The Morgan fingerprint density at radius 2 is 1.27 bits per heavy atom. The SMILES string of the molecule is CC=[N-].CC=[N-].CC=[N-].CC=[N-].C[N-]Cc1[c-]cccc1.[Ru+6]. The molecule has 0 aromatic heterocycles. The van der Waals surface area contributed by atoms with Gasteiger partial charge in [0.2, 0.25) is 0 Å². The molecule has 6 heteroatoms. The Labute approximate surface area is 148 Å². The van der Waals surface area contributed by atoms with Crippen LogP contribution in [0.1, 0.15) is 33.3 Å². The molecule has 1 aromatic carbocycles. The molecule has 1 rings (SSSR count). The van der Waals surface area contributed by atoms with Crippen molar-refractivity contribution >= 4 is 24.9 Å². The van der Waals surface area contributed by atoms with E-state index in [9.17, 15) is 0 Å². The number of hydrogen-bond donors (Lipinski definition) is 0. The summed E-state index contributed by atoms with van der Waals surface area (Å²) in [7, 11) is 1.81. The third-order valence-electron chi connectivity index (χ3n) is 1.10. The van der Waals surface area contributed by atoms with Crippen LogP contribution in [0, 0.1) is 6.07 Å². The van der Waals surface area contributed by atoms with Crippen LogP contribution in [0.4, 0.5) is 0 Å². The topological polar surface area (TPSA) is 103 Å². The van der Waals surface area contributed by atoms with Gasteiger partial charge in [-0.25, -0.2) is 24.9 Å². The molecule has 0 saturated carbocycles. The van der Waals surface area contributed by atoms with E-state index in [1.54, 1.807) is 34.7 Å². The molecule has 0 amide bonds. The fraction of sp³-hybridized carbons (Fsp3) is 0.375. The van der Waals surface area contributed by atoms with Gasteiger partial charge in [0.15, 0.2) is 0 Å². The monoisotopic (exact) mass is 389 g/mol. The van der Waals surface area contributed by atoms with Crippen molar-refractivity contribution in [3.63, 3.8) is 0 Å². The Kier molecular flexibility index (Phi) is 63.0. The molecule has 0 heterocycles. The van der Waals surface area contributed by atoms with Crippen LogP contribution in [-0.4, -0.2) is 31.9 Å². The Bertz CT molecular complexity index is 292. The molecule has 0 N–H and O–H groups in total. The molecule has 0 bridgehead atoms. The molecule has 0 unspecified atom stereocenters. The second kappa shape index (κ2) is 42.7. The minimum absolute atomic E-state index is 0. The zero-order chi connectivity index (χ0) is 17.4. The summed E-state index contributed by atoms with van der Waals surface area (Å²) in [6.45, 7) is 7.00. The van der Waals surface area contributed by atoms with Crippen molar-refractivity contribution in [3.8, 4) is 0 Å². The minimum atomic E-state index is 0. The summed E-state index contributed by atoms with van der Waals surface area (Å²) >= 11 is 0. The molecule has 122 valence electrons. The summed E-state index contributed by atoms with van der Waals surface area (Å²) in [5.74, 6) is 0. The van der Waals surface area contributed by atoms with Crippen molar-refractivity contribution in [2.24, 2.45) is 0 Å². The molecule has 0 atom stereocenters. The largest absolute Gasteiger partial charge is 6.00 e. The van der Waals surface area contributed by atoms with Gasteiger partial charge >= 0.3 is 19.5 Å². The molecule has 0 spiro atoms. The quantitative estimate of drug-likeness (QED) is 0.402. The second-order valence-electron chi connectivity index (χ2n) is 2.89. The molecule has 0 fully saturated rings. The number of benzene rings is 1. The fourth-order valence-electron chi connectivity index (χ4n) is 0.699. The molecule has 0 radical (unpaired) electrons. The molecule has 0 saturated heterocycles. The minimum Gasteiger partial charge on any atom is -0.814 e. The van der Waals surface area contributed by atoms with Crippen LogP contribution in [-0.2, 0) is 26.0 Å². The summed E-state index contributed by atoms with van der Waals surface area (Å²) in [4.78, 5) is 0. The number of nitrogens with zero attached hydrogens (tertiary/aromatic N) is 5. The van der Waals surface area contributed by atoms with E-state index in [1.807, 2.05) is 24.3 Å². The molecular formula is C16H25N5Ru. The first kappa shape index (κ1) is 32.4. The van der Waals surface area contributed by atoms with E-state index in [4.69, 9.17) is 21.6 Å². The van der Waals surface area contributed by atoms with E-state index in [0.29, 0.717) is 0 Å². The Hall–Kier alpha value is -1.52. The maximum atomic E-state index is 7.44. The standard InChI is InChI=1S/C8H9N.4C2H4N.Ru/c1-9-7-8-5-3-2-4-6-8;4*1-2-3;/h2-5H,7H2,1H3;4*2H,1H3;/q-2;4*-1;+6. The Balaban J connectivity index is -0.0000000631. The summed E-state index contributed by atoms with van der Waals surface area (Å²) in [5, 5.41) is 33.8. The Morgan fingerprint density at radius 1 is 0.909 bits per heavy atom. The molecular weight excluding hydrogens is 363 g/mol. The van der Waals surface area contributed by atoms with Crippen LogP contribution < -0.4 is 0 Å². The predicted octanol–water partition coefficient (Wildman–Crippen LogP) is 4.57. The van der Waals surface area contributed by atoms with Crippen LogP contribution in [0.15, 0.2) is 24.3 Å². The van der Waals surface area contributed by atoms with E-state index in [0.717, 1.165) is 37.0 Å². The van der Waals surface area contributed by atoms with Gasteiger partial charge in [-0.3, -0.25) is 0 Å². The van der Waals surface area contributed by atoms with Gasteiger partial charge < -0.3 is 27.0 Å². The van der Waals surface area contributed by atoms with Gasteiger partial charge in [-0.05, 0) is 0 Å². The first-order valence-corrected chi connectivity index (χ1v) is 6.29. The van der Waals surface area contributed by atoms with Crippen LogP contribution in [0.25, 0.3) is 27.0 Å². The first-order chi connectivity index (χ1) is 10.1. The summed E-state index contributed by atoms with van der Waals surface area (Å²) in [6.07, 6.45) is 4.00. The van der Waals surface area contributed by atoms with E-state index in [2.05, 4.69) is 11.4 Å². The van der Waals surface area contributed by atoms with Crippen LogP contribution >= 0.6 is 0 Å². The van der Waals surface area contributed by atoms with Gasteiger partial charge in [0, 0.05) is 0 Å². The second-order valence-corrected chi connectivity index (χ2v) is 2.89. The summed E-state index contributed by atoms with van der Waals surface area (Å²) in [5.41, 5.74) is 1.15. The van der Waals surface area contributed by atoms with Gasteiger partial charge in [-0.1, -0.05) is 27.7 Å². The maximum absolute atomic E-state index is 7.44. The van der Waals surface area contributed by atoms with Gasteiger partial charge in [0.25, 0.3) is 0 Å². The van der Waals surface area contributed by atoms with Crippen molar-refractivity contribution in [2.75, 3.05) is 7.05 Å². The van der Waals surface area contributed by atoms with E-state index < -0.39 is 0 Å². The van der Waals surface area contributed by atoms with Gasteiger partial charge in [-0.2, -0.15) is 42.9 Å². The maximum Gasteiger partial charge on any atom is 6.00 e. The van der Waals surface area contributed by atoms with Crippen LogP contribution in [0.2, 0.25) is 0 Å². The number of hydrogen-bond acceptors (Lipinski definition) is 0. The summed E-state index contributed by atoms with van der Waals surface area (Å²) < 4.78 is 0. The summed E-state index contributed by atoms with van der Waals surface area (Å²) in [6, 6.07) is 11.0. The van der Waals surface area contributed by atoms with Gasteiger partial charge in [-0.15, -0.1) is 6.54 Å². The molecule has 5 nitrogen and oxygen atoms in total. The van der Waals surface area contributed by atoms with Crippen molar-refractivity contribution in [2.45, 2.75) is 34.2 Å². The van der Waals surface area contributed by atoms with E-state index >= 15 is 0 Å². The van der Waals surface area contributed by atoms with Crippen molar-refractivity contribution in [3.05, 3.63) is 62.8 Å². The van der Waals surface area contributed by atoms with Crippen molar-refractivity contribution < 1.29 is 19.5 Å². The van der Waals surface area contributed by atoms with Gasteiger partial charge in [0.05, 0.1) is 0 Å². The van der Waals surface area contributed by atoms with E-state index in [1.165, 1.54) is 0 Å². The normalized spacial score (nSPS) is 6.23. The third-order valence-corrected chi connectivity index (χ3v) is 1.10. The van der Waals surface area contributed by atoms with E-state index in [-0.39, 0.29) is 19.5 Å². The van der Waals surface area contributed by atoms with Crippen molar-refractivity contribution in [1.82, 2.24) is 0 Å². The third kappa shape index (κ3) is 62.8. The van der Waals surface area contributed by atoms with Gasteiger partial charge in [0.1, 0.15) is 0 Å². The first-order valence-electron chi connectivity index (χ1n) is 6.29. The zero-order valence-corrected chi connectivity index (χ0v) is 15.7. The predicted molar refractivity (Wildman–Crippen MR) is 98.7 cm³/mol. The average molecular weight is 388 g/mol. The average Bonchev–Trinajstić information content (AvgIpc) is 2.44. The Morgan fingerprint density at radius 3 is 1.50 bits per heavy atom. The zero-order valence-electron chi connectivity index (χ0n) is 13.9. The molecule has 1 aromatic rings. The molecule has 0 aliphatic carbocycles. The van der Waals surface area contributed by atoms with Crippen LogP contribution in [0.5, 0.6) is 0 Å². The number of rotatable bonds is 2. The molecule has 0 aliphatic heterocycles. The van der Waals surface area contributed by atoms with Crippen LogP contribution in [0.3, 0.4) is 0 Å². The molecule has 22 heavy (non-hydrogen) atoms. The molecule has 0 aliphatic rings. The fourth-order valence-corrected chi connectivity index (χ4v) is 0.699. The smallest absolute Gasteiger partial charge is 0.814 e.